The molecule has 1 aromatic rings. The summed E-state index contributed by atoms with van der Waals surface area (Å²) < 4.78 is 24.9. The maximum atomic E-state index is 11.3. The van der Waals surface area contributed by atoms with Crippen LogP contribution in [0.3, 0.4) is 0 Å². The fourth-order valence-electron chi connectivity index (χ4n) is 2.30. The second-order valence-electron chi connectivity index (χ2n) is 4.74. The highest BCUT2D eigenvalue weighted by Crippen LogP contribution is 2.19. The highest BCUT2D eigenvalue weighted by atomic mass is 32.2. The minimum atomic E-state index is -3.10. The molecule has 106 valence electrons. The van der Waals surface area contributed by atoms with Crippen molar-refractivity contribution in [1.29, 1.82) is 0 Å². The maximum Gasteiger partial charge on any atom is 0.212 e. The van der Waals surface area contributed by atoms with E-state index in [-0.39, 0.29) is 5.75 Å². The van der Waals surface area contributed by atoms with Crippen molar-refractivity contribution in [2.45, 2.75) is 12.5 Å². The summed E-state index contributed by atoms with van der Waals surface area (Å²) in [4.78, 5) is 2.32. The highest BCUT2D eigenvalue weighted by Gasteiger charge is 2.22. The van der Waals surface area contributed by atoms with Crippen LogP contribution in [-0.2, 0) is 10.0 Å². The fraction of sp³-hybridized carbons (Fsp3) is 0.538. The summed E-state index contributed by atoms with van der Waals surface area (Å²) in [6.07, 6.45) is 1.05. The lowest BCUT2D eigenvalue weighted by molar-refractivity contribution is 0.555. The number of anilines is 1. The first kappa shape index (κ1) is 14.3. The van der Waals surface area contributed by atoms with E-state index in [2.05, 4.69) is 27.1 Å². The summed E-state index contributed by atoms with van der Waals surface area (Å²) in [5.41, 5.74) is 1.23. The van der Waals surface area contributed by atoms with E-state index >= 15 is 0 Å². The van der Waals surface area contributed by atoms with E-state index in [1.54, 1.807) is 0 Å². The minimum Gasteiger partial charge on any atom is -0.370 e. The van der Waals surface area contributed by atoms with Crippen molar-refractivity contribution in [3.63, 3.8) is 0 Å². The zero-order chi connectivity index (χ0) is 13.7. The van der Waals surface area contributed by atoms with E-state index in [4.69, 9.17) is 0 Å². The lowest BCUT2D eigenvalue weighted by atomic mass is 10.2. The van der Waals surface area contributed by atoms with Gasteiger partial charge in [-0.25, -0.2) is 13.1 Å². The number of sulfonamides is 1. The number of benzene rings is 1. The Labute approximate surface area is 115 Å². The lowest BCUT2D eigenvalue weighted by Crippen LogP contribution is -2.37. The van der Waals surface area contributed by atoms with Gasteiger partial charge in [0.2, 0.25) is 10.0 Å². The zero-order valence-corrected chi connectivity index (χ0v) is 12.0. The smallest absolute Gasteiger partial charge is 0.212 e. The molecule has 1 aromatic carbocycles. The van der Waals surface area contributed by atoms with Gasteiger partial charge in [0.1, 0.15) is 0 Å². The second-order valence-corrected chi connectivity index (χ2v) is 6.79. The summed E-state index contributed by atoms with van der Waals surface area (Å²) in [6.45, 7) is 2.44. The van der Waals surface area contributed by atoms with Crippen molar-refractivity contribution < 1.29 is 8.42 Å². The topological polar surface area (TPSA) is 61.4 Å². The summed E-state index contributed by atoms with van der Waals surface area (Å²) in [5.74, 6) is 0.130. The Kier molecular flexibility index (Phi) is 4.79. The molecule has 0 aromatic heterocycles. The average Bonchev–Trinajstić information content (AvgIpc) is 2.88. The Bertz CT molecular complexity index is 490. The molecule has 1 aliphatic rings. The van der Waals surface area contributed by atoms with Gasteiger partial charge in [0.05, 0.1) is 5.75 Å². The van der Waals surface area contributed by atoms with E-state index < -0.39 is 10.0 Å². The maximum absolute atomic E-state index is 11.3. The number of nitrogens with zero attached hydrogens (tertiary/aromatic N) is 1. The van der Waals surface area contributed by atoms with Gasteiger partial charge < -0.3 is 10.2 Å². The van der Waals surface area contributed by atoms with E-state index in [1.807, 2.05) is 18.2 Å². The Balaban J connectivity index is 1.77. The second kappa shape index (κ2) is 6.36. The SMILES string of the molecule is CNS(=O)(=O)CCNC1CCN(c2ccccc2)C1. The molecule has 2 rings (SSSR count). The number of nitrogens with one attached hydrogen (secondary N) is 2. The van der Waals surface area contributed by atoms with E-state index in [1.165, 1.54) is 12.7 Å². The summed E-state index contributed by atoms with van der Waals surface area (Å²) in [5, 5.41) is 3.31. The van der Waals surface area contributed by atoms with Crippen LogP contribution in [0.4, 0.5) is 5.69 Å². The van der Waals surface area contributed by atoms with Crippen LogP contribution in [0.1, 0.15) is 6.42 Å². The third kappa shape index (κ3) is 4.19. The molecule has 0 spiro atoms. The number of hydrogen-bond acceptors (Lipinski definition) is 4. The van der Waals surface area contributed by atoms with Gasteiger partial charge in [-0.15, -0.1) is 0 Å². The predicted molar refractivity (Wildman–Crippen MR) is 77.9 cm³/mol. The minimum absolute atomic E-state index is 0.130. The molecule has 1 unspecified atom stereocenters. The van der Waals surface area contributed by atoms with Gasteiger partial charge in [-0.3, -0.25) is 0 Å². The first-order valence-electron chi connectivity index (χ1n) is 6.55. The van der Waals surface area contributed by atoms with Gasteiger partial charge in [-0.1, -0.05) is 18.2 Å². The Morgan fingerprint density at radius 3 is 2.74 bits per heavy atom. The molecule has 1 heterocycles. The third-order valence-electron chi connectivity index (χ3n) is 3.42. The van der Waals surface area contributed by atoms with Gasteiger partial charge in [0, 0.05) is 31.4 Å². The molecule has 1 saturated heterocycles. The predicted octanol–water partition coefficient (Wildman–Crippen LogP) is 0.404. The summed E-state index contributed by atoms with van der Waals surface area (Å²) in [7, 11) is -1.66. The lowest BCUT2D eigenvalue weighted by Gasteiger charge is -2.19. The standard InChI is InChI=1S/C13H21N3O2S/c1-14-19(17,18)10-8-15-12-7-9-16(11-12)13-5-3-2-4-6-13/h2-6,12,14-15H,7-11H2,1H3. The third-order valence-corrected chi connectivity index (χ3v) is 4.79. The normalized spacial score (nSPS) is 19.8. The quantitative estimate of drug-likeness (QED) is 0.793. The Morgan fingerprint density at radius 1 is 1.32 bits per heavy atom. The molecule has 1 atom stereocenters. The molecular weight excluding hydrogens is 262 g/mol. The van der Waals surface area contributed by atoms with Crippen molar-refractivity contribution in [2.75, 3.05) is 37.3 Å². The van der Waals surface area contributed by atoms with Gasteiger partial charge in [-0.2, -0.15) is 0 Å². The van der Waals surface area contributed by atoms with Crippen molar-refractivity contribution in [3.05, 3.63) is 30.3 Å². The van der Waals surface area contributed by atoms with Crippen LogP contribution in [-0.4, -0.2) is 46.9 Å². The number of hydrogen-bond donors (Lipinski definition) is 2. The van der Waals surface area contributed by atoms with Crippen molar-refractivity contribution in [3.8, 4) is 0 Å². The van der Waals surface area contributed by atoms with E-state index in [9.17, 15) is 8.42 Å². The van der Waals surface area contributed by atoms with Crippen LogP contribution in [0.2, 0.25) is 0 Å². The molecule has 0 amide bonds. The average molecular weight is 283 g/mol. The first-order chi connectivity index (χ1) is 9.11. The molecular formula is C13H21N3O2S. The van der Waals surface area contributed by atoms with Crippen LogP contribution in [0.25, 0.3) is 0 Å². The van der Waals surface area contributed by atoms with Crippen LogP contribution >= 0.6 is 0 Å². The van der Waals surface area contributed by atoms with Gasteiger partial charge in [0.25, 0.3) is 0 Å². The molecule has 1 aliphatic heterocycles. The zero-order valence-electron chi connectivity index (χ0n) is 11.2. The number of rotatable bonds is 6. The fourth-order valence-corrected chi connectivity index (χ4v) is 2.89. The molecule has 0 aliphatic carbocycles. The molecule has 2 N–H and O–H groups in total. The van der Waals surface area contributed by atoms with Crippen LogP contribution in [0.5, 0.6) is 0 Å². The molecule has 19 heavy (non-hydrogen) atoms. The van der Waals surface area contributed by atoms with Crippen LogP contribution in [0, 0.1) is 0 Å². The summed E-state index contributed by atoms with van der Waals surface area (Å²) >= 11 is 0. The van der Waals surface area contributed by atoms with E-state index in [0.29, 0.717) is 12.6 Å². The molecule has 0 radical (unpaired) electrons. The van der Waals surface area contributed by atoms with Gasteiger partial charge in [-0.05, 0) is 25.6 Å². The molecule has 6 heteroatoms. The van der Waals surface area contributed by atoms with Gasteiger partial charge >= 0.3 is 0 Å². The molecule has 5 nitrogen and oxygen atoms in total. The Morgan fingerprint density at radius 2 is 2.05 bits per heavy atom. The monoisotopic (exact) mass is 283 g/mol. The first-order valence-corrected chi connectivity index (χ1v) is 8.20. The molecule has 0 bridgehead atoms. The van der Waals surface area contributed by atoms with Crippen LogP contribution < -0.4 is 14.9 Å². The Hall–Kier alpha value is -1.11. The highest BCUT2D eigenvalue weighted by molar-refractivity contribution is 7.89. The number of para-hydroxylation sites is 1. The molecule has 1 fully saturated rings. The summed E-state index contributed by atoms with van der Waals surface area (Å²) in [6, 6.07) is 10.7. The van der Waals surface area contributed by atoms with Crippen molar-refractivity contribution in [1.82, 2.24) is 10.0 Å². The van der Waals surface area contributed by atoms with Crippen molar-refractivity contribution in [2.24, 2.45) is 0 Å². The van der Waals surface area contributed by atoms with E-state index in [0.717, 1.165) is 19.5 Å². The largest absolute Gasteiger partial charge is 0.370 e. The van der Waals surface area contributed by atoms with Crippen LogP contribution in [0.15, 0.2) is 30.3 Å². The molecule has 0 saturated carbocycles. The van der Waals surface area contributed by atoms with Gasteiger partial charge in [0.15, 0.2) is 0 Å². The van der Waals surface area contributed by atoms with Crippen molar-refractivity contribution >= 4 is 15.7 Å².